The molecule has 2 heterocycles. The lowest BCUT2D eigenvalue weighted by atomic mass is 9.89. The predicted molar refractivity (Wildman–Crippen MR) is 74.1 cm³/mol. The molecule has 1 saturated heterocycles. The highest BCUT2D eigenvalue weighted by Crippen LogP contribution is 2.31. The highest BCUT2D eigenvalue weighted by atomic mass is 16.5. The Morgan fingerprint density at radius 1 is 1.22 bits per heavy atom. The van der Waals surface area contributed by atoms with Gasteiger partial charge in [-0.05, 0) is 56.5 Å². The van der Waals surface area contributed by atoms with Crippen molar-refractivity contribution < 1.29 is 4.74 Å². The molecular formula is C15H20N2O. The van der Waals surface area contributed by atoms with E-state index in [-0.39, 0.29) is 0 Å². The van der Waals surface area contributed by atoms with Crippen LogP contribution in [0.4, 0.5) is 0 Å². The number of fused-ring (bicyclic) bond motifs is 1. The number of hydrogen-bond donors (Lipinski definition) is 2. The SMILES string of the molecule is COc1ccc2[nH]ccc2c1CC1CCNCC1. The summed E-state index contributed by atoms with van der Waals surface area (Å²) in [6, 6.07) is 6.34. The summed E-state index contributed by atoms with van der Waals surface area (Å²) in [4.78, 5) is 3.28. The van der Waals surface area contributed by atoms with E-state index >= 15 is 0 Å². The standard InChI is InChI=1S/C15H20N2O/c1-18-15-3-2-14-12(6-9-17-14)13(15)10-11-4-7-16-8-5-11/h2-3,6,9,11,16-17H,4-5,7-8,10H2,1H3. The molecule has 3 nitrogen and oxygen atoms in total. The van der Waals surface area contributed by atoms with Crippen LogP contribution in [0.25, 0.3) is 10.9 Å². The van der Waals surface area contributed by atoms with Crippen molar-refractivity contribution >= 4 is 10.9 Å². The normalized spacial score (nSPS) is 17.2. The molecular weight excluding hydrogens is 224 g/mol. The third kappa shape index (κ3) is 2.10. The third-order valence-corrected chi connectivity index (χ3v) is 3.97. The van der Waals surface area contributed by atoms with Crippen molar-refractivity contribution in [3.05, 3.63) is 30.0 Å². The van der Waals surface area contributed by atoms with E-state index in [1.165, 1.54) is 29.3 Å². The number of benzene rings is 1. The first kappa shape index (κ1) is 11.6. The summed E-state index contributed by atoms with van der Waals surface area (Å²) in [5, 5.41) is 4.74. The van der Waals surface area contributed by atoms with Crippen molar-refractivity contribution in [2.75, 3.05) is 20.2 Å². The van der Waals surface area contributed by atoms with Gasteiger partial charge in [0.05, 0.1) is 7.11 Å². The van der Waals surface area contributed by atoms with Gasteiger partial charge in [0.2, 0.25) is 0 Å². The molecule has 96 valence electrons. The Balaban J connectivity index is 1.94. The molecule has 0 saturated carbocycles. The molecule has 3 rings (SSSR count). The van der Waals surface area contributed by atoms with Crippen molar-refractivity contribution in [1.82, 2.24) is 10.3 Å². The van der Waals surface area contributed by atoms with Crippen molar-refractivity contribution in [3.8, 4) is 5.75 Å². The molecule has 1 aromatic heterocycles. The lowest BCUT2D eigenvalue weighted by Gasteiger charge is -2.23. The van der Waals surface area contributed by atoms with E-state index in [1.54, 1.807) is 7.11 Å². The van der Waals surface area contributed by atoms with Crippen LogP contribution in [0.5, 0.6) is 5.75 Å². The van der Waals surface area contributed by atoms with Crippen LogP contribution in [0.3, 0.4) is 0 Å². The maximum Gasteiger partial charge on any atom is 0.122 e. The summed E-state index contributed by atoms with van der Waals surface area (Å²) in [6.07, 6.45) is 5.67. The van der Waals surface area contributed by atoms with Crippen LogP contribution < -0.4 is 10.1 Å². The molecule has 2 N–H and O–H groups in total. The highest BCUT2D eigenvalue weighted by Gasteiger charge is 2.17. The number of aromatic nitrogens is 1. The first-order valence-electron chi connectivity index (χ1n) is 6.72. The fourth-order valence-corrected chi connectivity index (χ4v) is 2.95. The second-order valence-corrected chi connectivity index (χ2v) is 5.08. The highest BCUT2D eigenvalue weighted by molar-refractivity contribution is 5.85. The van der Waals surface area contributed by atoms with Gasteiger partial charge in [-0.2, -0.15) is 0 Å². The van der Waals surface area contributed by atoms with Gasteiger partial charge in [-0.1, -0.05) is 0 Å². The van der Waals surface area contributed by atoms with E-state index in [0.29, 0.717) is 0 Å². The Morgan fingerprint density at radius 2 is 2.06 bits per heavy atom. The van der Waals surface area contributed by atoms with E-state index in [2.05, 4.69) is 28.5 Å². The number of ether oxygens (including phenoxy) is 1. The van der Waals surface area contributed by atoms with Crippen molar-refractivity contribution in [2.45, 2.75) is 19.3 Å². The fraction of sp³-hybridized carbons (Fsp3) is 0.467. The van der Waals surface area contributed by atoms with E-state index < -0.39 is 0 Å². The third-order valence-electron chi connectivity index (χ3n) is 3.97. The zero-order chi connectivity index (χ0) is 12.4. The number of nitrogens with one attached hydrogen (secondary N) is 2. The molecule has 0 aliphatic carbocycles. The number of piperidine rings is 1. The summed E-state index contributed by atoms with van der Waals surface area (Å²) < 4.78 is 5.53. The lowest BCUT2D eigenvalue weighted by molar-refractivity contribution is 0.362. The molecule has 1 aliphatic heterocycles. The monoisotopic (exact) mass is 244 g/mol. The minimum atomic E-state index is 0.778. The molecule has 0 spiro atoms. The van der Waals surface area contributed by atoms with E-state index in [0.717, 1.165) is 31.2 Å². The minimum Gasteiger partial charge on any atom is -0.496 e. The summed E-state index contributed by atoms with van der Waals surface area (Å²) in [5.41, 5.74) is 2.57. The molecule has 0 amide bonds. The molecule has 1 aromatic carbocycles. The number of rotatable bonds is 3. The lowest BCUT2D eigenvalue weighted by Crippen LogP contribution is -2.28. The van der Waals surface area contributed by atoms with Crippen molar-refractivity contribution in [1.29, 1.82) is 0 Å². The Bertz CT molecular complexity index is 526. The van der Waals surface area contributed by atoms with Gasteiger partial charge in [0.1, 0.15) is 5.75 Å². The average molecular weight is 244 g/mol. The van der Waals surface area contributed by atoms with Crippen LogP contribution in [-0.2, 0) is 6.42 Å². The Kier molecular flexibility index (Phi) is 3.24. The van der Waals surface area contributed by atoms with Crippen LogP contribution in [-0.4, -0.2) is 25.2 Å². The second-order valence-electron chi connectivity index (χ2n) is 5.08. The summed E-state index contributed by atoms with van der Waals surface area (Å²) in [5.74, 6) is 1.81. The van der Waals surface area contributed by atoms with E-state index in [1.807, 2.05) is 6.20 Å². The topological polar surface area (TPSA) is 37.0 Å². The minimum absolute atomic E-state index is 0.778. The van der Waals surface area contributed by atoms with Gasteiger partial charge >= 0.3 is 0 Å². The first-order valence-corrected chi connectivity index (χ1v) is 6.72. The van der Waals surface area contributed by atoms with Crippen LogP contribution in [0.15, 0.2) is 24.4 Å². The summed E-state index contributed by atoms with van der Waals surface area (Å²) in [6.45, 7) is 2.30. The van der Waals surface area contributed by atoms with Crippen LogP contribution in [0.2, 0.25) is 0 Å². The number of H-pyrrole nitrogens is 1. The number of aromatic amines is 1. The van der Waals surface area contributed by atoms with Gasteiger partial charge < -0.3 is 15.0 Å². The molecule has 0 atom stereocenters. The molecule has 2 aromatic rings. The molecule has 0 bridgehead atoms. The molecule has 18 heavy (non-hydrogen) atoms. The van der Waals surface area contributed by atoms with Gasteiger partial charge in [-0.3, -0.25) is 0 Å². The van der Waals surface area contributed by atoms with E-state index in [9.17, 15) is 0 Å². The van der Waals surface area contributed by atoms with Crippen LogP contribution >= 0.6 is 0 Å². The largest absolute Gasteiger partial charge is 0.496 e. The maximum absolute atomic E-state index is 5.53. The summed E-state index contributed by atoms with van der Waals surface area (Å²) >= 11 is 0. The van der Waals surface area contributed by atoms with Crippen LogP contribution in [0.1, 0.15) is 18.4 Å². The predicted octanol–water partition coefficient (Wildman–Crippen LogP) is 2.72. The fourth-order valence-electron chi connectivity index (χ4n) is 2.95. The quantitative estimate of drug-likeness (QED) is 0.871. The number of hydrogen-bond acceptors (Lipinski definition) is 2. The average Bonchev–Trinajstić information content (AvgIpc) is 2.89. The van der Waals surface area contributed by atoms with Gasteiger partial charge in [-0.25, -0.2) is 0 Å². The maximum atomic E-state index is 5.53. The van der Waals surface area contributed by atoms with Gasteiger partial charge in [0.15, 0.2) is 0 Å². The number of methoxy groups -OCH3 is 1. The smallest absolute Gasteiger partial charge is 0.122 e. The Hall–Kier alpha value is -1.48. The molecule has 1 aliphatic rings. The van der Waals surface area contributed by atoms with Crippen molar-refractivity contribution in [3.63, 3.8) is 0 Å². The Morgan fingerprint density at radius 3 is 2.83 bits per heavy atom. The molecule has 1 fully saturated rings. The van der Waals surface area contributed by atoms with Gasteiger partial charge in [0, 0.05) is 22.7 Å². The summed E-state index contributed by atoms with van der Waals surface area (Å²) in [7, 11) is 1.76. The first-order chi connectivity index (χ1) is 8.88. The molecule has 0 radical (unpaired) electrons. The zero-order valence-corrected chi connectivity index (χ0v) is 10.8. The van der Waals surface area contributed by atoms with Gasteiger partial charge in [-0.15, -0.1) is 0 Å². The van der Waals surface area contributed by atoms with Crippen LogP contribution in [0, 0.1) is 5.92 Å². The Labute approximate surface area is 108 Å². The molecule has 0 unspecified atom stereocenters. The zero-order valence-electron chi connectivity index (χ0n) is 10.8. The molecule has 3 heteroatoms. The van der Waals surface area contributed by atoms with Gasteiger partial charge in [0.25, 0.3) is 0 Å². The second kappa shape index (κ2) is 5.02. The van der Waals surface area contributed by atoms with Crippen molar-refractivity contribution in [2.24, 2.45) is 5.92 Å². The van der Waals surface area contributed by atoms with E-state index in [4.69, 9.17) is 4.74 Å².